The second-order valence-electron chi connectivity index (χ2n) is 8.64. The van der Waals surface area contributed by atoms with E-state index in [0.29, 0.717) is 23.7 Å². The third kappa shape index (κ3) is 4.20. The average molecular weight is 481 g/mol. The number of ether oxygens (including phenoxy) is 4. The van der Waals surface area contributed by atoms with Crippen LogP contribution in [0.2, 0.25) is 0 Å². The Labute approximate surface area is 208 Å². The van der Waals surface area contributed by atoms with Gasteiger partial charge in [-0.05, 0) is 52.2 Å². The summed E-state index contributed by atoms with van der Waals surface area (Å²) in [4.78, 5) is 13.4. The first kappa shape index (κ1) is 22.0. The fraction of sp³-hybridized carbons (Fsp3) is 0.172. The Balaban J connectivity index is 1.27. The van der Waals surface area contributed by atoms with Gasteiger partial charge in [-0.3, -0.25) is 4.79 Å². The Morgan fingerprint density at radius 2 is 1.69 bits per heavy atom. The Hall–Kier alpha value is -4.52. The van der Waals surface area contributed by atoms with Gasteiger partial charge in [0.2, 0.25) is 6.79 Å². The van der Waals surface area contributed by atoms with Crippen LogP contribution in [0.5, 0.6) is 23.0 Å². The van der Waals surface area contributed by atoms with Crippen LogP contribution < -0.4 is 18.9 Å². The minimum absolute atomic E-state index is 0.152. The zero-order valence-electron chi connectivity index (χ0n) is 19.7. The molecule has 1 atom stereocenters. The summed E-state index contributed by atoms with van der Waals surface area (Å²) in [5.74, 6) is 2.33. The molecular formula is C29H24N2O5. The average Bonchev–Trinajstić information content (AvgIpc) is 3.59. The van der Waals surface area contributed by atoms with Crippen molar-refractivity contribution < 1.29 is 23.7 Å². The first-order chi connectivity index (χ1) is 17.7. The fourth-order valence-corrected chi connectivity index (χ4v) is 4.55. The highest BCUT2D eigenvalue weighted by molar-refractivity contribution is 6.05. The Morgan fingerprint density at radius 1 is 0.917 bits per heavy atom. The summed E-state index contributed by atoms with van der Waals surface area (Å²) >= 11 is 0. The molecule has 0 aliphatic carbocycles. The van der Waals surface area contributed by atoms with Gasteiger partial charge in [-0.15, -0.1) is 0 Å². The van der Waals surface area contributed by atoms with Crippen molar-refractivity contribution in [2.24, 2.45) is 5.10 Å². The summed E-state index contributed by atoms with van der Waals surface area (Å²) in [5, 5.41) is 8.62. The smallest absolute Gasteiger partial charge is 0.281 e. The third-order valence-electron chi connectivity index (χ3n) is 6.46. The molecule has 4 aromatic rings. The van der Waals surface area contributed by atoms with Crippen LogP contribution in [0.1, 0.15) is 23.6 Å². The predicted octanol–water partition coefficient (Wildman–Crippen LogP) is 5.33. The molecule has 2 aliphatic heterocycles. The van der Waals surface area contributed by atoms with Crippen molar-refractivity contribution in [3.05, 3.63) is 96.1 Å². The lowest BCUT2D eigenvalue weighted by Gasteiger charge is -2.22. The van der Waals surface area contributed by atoms with Crippen molar-refractivity contribution in [2.45, 2.75) is 12.5 Å². The van der Waals surface area contributed by atoms with E-state index >= 15 is 0 Å². The van der Waals surface area contributed by atoms with E-state index in [4.69, 9.17) is 24.0 Å². The lowest BCUT2D eigenvalue weighted by atomic mass is 9.97. The van der Waals surface area contributed by atoms with E-state index in [2.05, 4.69) is 30.3 Å². The zero-order chi connectivity index (χ0) is 24.5. The highest BCUT2D eigenvalue weighted by atomic mass is 16.7. The molecule has 0 saturated heterocycles. The van der Waals surface area contributed by atoms with E-state index in [9.17, 15) is 4.79 Å². The van der Waals surface area contributed by atoms with Gasteiger partial charge in [0.15, 0.2) is 18.1 Å². The molecule has 2 aliphatic rings. The van der Waals surface area contributed by atoms with E-state index in [1.807, 2.05) is 36.4 Å². The largest absolute Gasteiger partial charge is 0.497 e. The molecule has 36 heavy (non-hydrogen) atoms. The molecule has 0 saturated carbocycles. The number of benzene rings is 4. The van der Waals surface area contributed by atoms with Crippen LogP contribution in [0.3, 0.4) is 0 Å². The molecule has 7 nitrogen and oxygen atoms in total. The lowest BCUT2D eigenvalue weighted by Crippen LogP contribution is -2.31. The maximum absolute atomic E-state index is 13.4. The second-order valence-corrected chi connectivity index (χ2v) is 8.64. The van der Waals surface area contributed by atoms with E-state index in [0.717, 1.165) is 33.4 Å². The monoisotopic (exact) mass is 480 g/mol. The van der Waals surface area contributed by atoms with Crippen molar-refractivity contribution >= 4 is 22.4 Å². The number of hydrogen-bond acceptors (Lipinski definition) is 6. The number of methoxy groups -OCH3 is 1. The van der Waals surface area contributed by atoms with Gasteiger partial charge in [0, 0.05) is 12.5 Å². The number of nitrogens with zero attached hydrogens (tertiary/aromatic N) is 2. The van der Waals surface area contributed by atoms with E-state index in [1.165, 1.54) is 0 Å². The van der Waals surface area contributed by atoms with Gasteiger partial charge in [0.1, 0.15) is 11.5 Å². The SMILES string of the molecule is COc1ccc([C@H]2CC(c3ccc4ccccc4c3)=NN2C(=O)COc2ccc3c(c2)OCO3)cc1. The molecule has 0 N–H and O–H groups in total. The number of hydrazone groups is 1. The molecule has 7 heteroatoms. The van der Waals surface area contributed by atoms with E-state index in [-0.39, 0.29) is 25.3 Å². The van der Waals surface area contributed by atoms with Crippen molar-refractivity contribution in [3.63, 3.8) is 0 Å². The molecule has 2 heterocycles. The number of hydrogen-bond donors (Lipinski definition) is 0. The van der Waals surface area contributed by atoms with E-state index < -0.39 is 0 Å². The van der Waals surface area contributed by atoms with Crippen LogP contribution in [-0.4, -0.2) is 37.1 Å². The first-order valence-electron chi connectivity index (χ1n) is 11.7. The minimum atomic E-state index is -0.245. The summed E-state index contributed by atoms with van der Waals surface area (Å²) in [6.07, 6.45) is 0.598. The number of amides is 1. The van der Waals surface area contributed by atoms with Crippen LogP contribution in [0, 0.1) is 0 Å². The molecule has 0 radical (unpaired) electrons. The maximum atomic E-state index is 13.4. The molecular weight excluding hydrogens is 456 g/mol. The molecule has 0 fully saturated rings. The van der Waals surface area contributed by atoms with Crippen LogP contribution in [0.15, 0.2) is 90.0 Å². The van der Waals surface area contributed by atoms with Gasteiger partial charge in [0.05, 0.1) is 18.9 Å². The van der Waals surface area contributed by atoms with Crippen molar-refractivity contribution in [1.29, 1.82) is 0 Å². The number of carbonyl (C=O) groups is 1. The molecule has 180 valence electrons. The van der Waals surface area contributed by atoms with Crippen molar-refractivity contribution in [1.82, 2.24) is 5.01 Å². The molecule has 4 aromatic carbocycles. The summed E-state index contributed by atoms with van der Waals surface area (Å²) in [7, 11) is 1.63. The maximum Gasteiger partial charge on any atom is 0.281 e. The molecule has 0 aromatic heterocycles. The van der Waals surface area contributed by atoms with Gasteiger partial charge in [-0.2, -0.15) is 5.10 Å². The topological polar surface area (TPSA) is 69.6 Å². The van der Waals surface area contributed by atoms with Crippen LogP contribution in [-0.2, 0) is 4.79 Å². The summed E-state index contributed by atoms with van der Waals surface area (Å²) in [5.41, 5.74) is 2.84. The standard InChI is InChI=1S/C29H24N2O5/c1-33-23-10-8-20(9-11-23)26-16-25(22-7-6-19-4-2-3-5-21(19)14-22)30-31(26)29(32)17-34-24-12-13-27-28(15-24)36-18-35-27/h2-15,26H,16-18H2,1H3/t26-/m1/s1. The van der Waals surface area contributed by atoms with Gasteiger partial charge in [-0.1, -0.05) is 48.5 Å². The van der Waals surface area contributed by atoms with Crippen LogP contribution in [0.25, 0.3) is 10.8 Å². The quantitative estimate of drug-likeness (QED) is 0.373. The zero-order valence-corrected chi connectivity index (χ0v) is 19.7. The summed E-state index contributed by atoms with van der Waals surface area (Å²) in [6, 6.07) is 27.2. The highest BCUT2D eigenvalue weighted by Crippen LogP contribution is 2.36. The van der Waals surface area contributed by atoms with E-state index in [1.54, 1.807) is 30.3 Å². The molecule has 6 rings (SSSR count). The van der Waals surface area contributed by atoms with Crippen LogP contribution in [0.4, 0.5) is 0 Å². The minimum Gasteiger partial charge on any atom is -0.497 e. The van der Waals surface area contributed by atoms with Crippen LogP contribution >= 0.6 is 0 Å². The molecule has 1 amide bonds. The summed E-state index contributed by atoms with van der Waals surface area (Å²) < 4.78 is 21.9. The molecule has 0 unspecified atom stereocenters. The first-order valence-corrected chi connectivity index (χ1v) is 11.7. The second kappa shape index (κ2) is 9.26. The number of carbonyl (C=O) groups excluding carboxylic acids is 1. The fourth-order valence-electron chi connectivity index (χ4n) is 4.55. The third-order valence-corrected chi connectivity index (χ3v) is 6.46. The number of fused-ring (bicyclic) bond motifs is 2. The predicted molar refractivity (Wildman–Crippen MR) is 136 cm³/mol. The van der Waals surface area contributed by atoms with Gasteiger partial charge in [-0.25, -0.2) is 5.01 Å². The Kier molecular flexibility index (Phi) is 5.65. The Morgan fingerprint density at radius 3 is 2.53 bits per heavy atom. The Bertz CT molecular complexity index is 1460. The van der Waals surface area contributed by atoms with Gasteiger partial charge >= 0.3 is 0 Å². The lowest BCUT2D eigenvalue weighted by molar-refractivity contribution is -0.135. The van der Waals surface area contributed by atoms with Gasteiger partial charge in [0.25, 0.3) is 5.91 Å². The van der Waals surface area contributed by atoms with Crippen molar-refractivity contribution in [3.8, 4) is 23.0 Å². The normalized spacial score (nSPS) is 16.2. The highest BCUT2D eigenvalue weighted by Gasteiger charge is 2.33. The van der Waals surface area contributed by atoms with Gasteiger partial charge < -0.3 is 18.9 Å². The van der Waals surface area contributed by atoms with Crippen molar-refractivity contribution in [2.75, 3.05) is 20.5 Å². The molecule has 0 spiro atoms. The molecule has 0 bridgehead atoms. The number of rotatable bonds is 6. The summed E-state index contributed by atoms with van der Waals surface area (Å²) in [6.45, 7) is 0.0299.